The molecule has 0 aliphatic heterocycles. The summed E-state index contributed by atoms with van der Waals surface area (Å²) in [6.45, 7) is 14.7. The highest BCUT2D eigenvalue weighted by molar-refractivity contribution is 7.86. The van der Waals surface area contributed by atoms with Gasteiger partial charge in [-0.2, -0.15) is 8.42 Å². The van der Waals surface area contributed by atoms with Gasteiger partial charge < -0.3 is 4.43 Å². The van der Waals surface area contributed by atoms with E-state index in [4.69, 9.17) is 8.61 Å². The Kier molecular flexibility index (Phi) is 6.06. The summed E-state index contributed by atoms with van der Waals surface area (Å²) in [6.07, 6.45) is 1.31. The average molecular weight is 297 g/mol. The molecular weight excluding hydrogens is 268 g/mol. The van der Waals surface area contributed by atoms with E-state index in [0.29, 0.717) is 6.42 Å². The fraction of sp³-hybridized carbons (Fsp3) is 1.00. The molecule has 18 heavy (non-hydrogen) atoms. The minimum atomic E-state index is -3.39. The second-order valence-corrected chi connectivity index (χ2v) is 12.9. The van der Waals surface area contributed by atoms with Crippen LogP contribution in [0.5, 0.6) is 0 Å². The van der Waals surface area contributed by atoms with Gasteiger partial charge >= 0.3 is 0 Å². The molecule has 0 aromatic carbocycles. The normalized spacial score (nSPS) is 17.6. The van der Waals surface area contributed by atoms with Crippen LogP contribution < -0.4 is 0 Å². The van der Waals surface area contributed by atoms with Crippen LogP contribution in [0.3, 0.4) is 0 Å². The maximum atomic E-state index is 11.0. The monoisotopic (exact) mass is 296 g/mol. The van der Waals surface area contributed by atoms with Crippen LogP contribution >= 0.6 is 0 Å². The van der Waals surface area contributed by atoms with Gasteiger partial charge in [-0.1, -0.05) is 20.8 Å². The molecule has 0 fully saturated rings. The van der Waals surface area contributed by atoms with Crippen molar-refractivity contribution in [3.05, 3.63) is 0 Å². The summed E-state index contributed by atoms with van der Waals surface area (Å²) in [5, 5.41) is 0.155. The van der Waals surface area contributed by atoms with E-state index in [0.717, 1.165) is 6.26 Å². The number of rotatable bonds is 6. The van der Waals surface area contributed by atoms with E-state index in [1.54, 1.807) is 6.92 Å². The Labute approximate surface area is 113 Å². The molecule has 0 unspecified atom stereocenters. The Hall–Kier alpha value is 0.0869. The number of hydrogen-bond acceptors (Lipinski definition) is 4. The molecule has 0 aliphatic carbocycles. The Morgan fingerprint density at radius 2 is 1.56 bits per heavy atom. The molecule has 0 saturated heterocycles. The summed E-state index contributed by atoms with van der Waals surface area (Å²) in [7, 11) is -5.18. The summed E-state index contributed by atoms with van der Waals surface area (Å²) in [4.78, 5) is 0. The minimum Gasteiger partial charge on any atom is -0.414 e. The number of hydrogen-bond donors (Lipinski definition) is 0. The molecule has 0 aromatic heterocycles. The lowest BCUT2D eigenvalue weighted by Gasteiger charge is -2.38. The third-order valence-corrected chi connectivity index (χ3v) is 8.59. The fourth-order valence-electron chi connectivity index (χ4n) is 1.53. The Morgan fingerprint density at radius 3 is 1.89 bits per heavy atom. The van der Waals surface area contributed by atoms with E-state index in [9.17, 15) is 8.42 Å². The maximum absolute atomic E-state index is 11.0. The molecule has 0 radical (unpaired) electrons. The van der Waals surface area contributed by atoms with Gasteiger partial charge in [0, 0.05) is 6.10 Å². The molecule has 0 saturated carbocycles. The molecule has 0 heterocycles. The van der Waals surface area contributed by atoms with Crippen molar-refractivity contribution in [1.29, 1.82) is 0 Å². The predicted octanol–water partition coefficient (Wildman–Crippen LogP) is 3.15. The maximum Gasteiger partial charge on any atom is 0.264 e. The second-order valence-electron chi connectivity index (χ2n) is 6.54. The van der Waals surface area contributed by atoms with Crippen LogP contribution in [0.2, 0.25) is 18.1 Å². The second kappa shape index (κ2) is 6.03. The molecule has 0 aliphatic rings. The highest BCUT2D eigenvalue weighted by Crippen LogP contribution is 2.37. The van der Waals surface area contributed by atoms with E-state index < -0.39 is 18.4 Å². The van der Waals surface area contributed by atoms with Crippen molar-refractivity contribution in [3.8, 4) is 0 Å². The van der Waals surface area contributed by atoms with Gasteiger partial charge in [0.2, 0.25) is 0 Å². The third-order valence-electron chi connectivity index (χ3n) is 3.30. The summed E-state index contributed by atoms with van der Waals surface area (Å²) in [5.41, 5.74) is 0. The van der Waals surface area contributed by atoms with Crippen molar-refractivity contribution in [2.75, 3.05) is 6.26 Å². The van der Waals surface area contributed by atoms with Gasteiger partial charge in [0.15, 0.2) is 8.32 Å². The average Bonchev–Trinajstić information content (AvgIpc) is 1.94. The smallest absolute Gasteiger partial charge is 0.264 e. The first-order valence-electron chi connectivity index (χ1n) is 6.30. The lowest BCUT2D eigenvalue weighted by Crippen LogP contribution is -2.43. The van der Waals surface area contributed by atoms with Crippen molar-refractivity contribution >= 4 is 18.4 Å². The summed E-state index contributed by atoms with van der Waals surface area (Å²) >= 11 is 0. The SMILES string of the molecule is C[C@H](C[C@H](C)OS(C)(=O)=O)O[Si](C)(C)C(C)(C)C. The largest absolute Gasteiger partial charge is 0.414 e. The molecule has 6 heteroatoms. The molecule has 110 valence electrons. The van der Waals surface area contributed by atoms with Crippen molar-refractivity contribution in [3.63, 3.8) is 0 Å². The van der Waals surface area contributed by atoms with E-state index in [1.165, 1.54) is 0 Å². The van der Waals surface area contributed by atoms with Crippen LogP contribution in [0, 0.1) is 0 Å². The molecule has 0 rings (SSSR count). The molecule has 0 N–H and O–H groups in total. The quantitative estimate of drug-likeness (QED) is 0.558. The molecule has 0 bridgehead atoms. The molecular formula is C12H28O4SSi. The molecule has 0 amide bonds. The first-order chi connectivity index (χ1) is 7.74. The van der Waals surface area contributed by atoms with Crippen LogP contribution in [0.1, 0.15) is 41.0 Å². The van der Waals surface area contributed by atoms with Crippen LogP contribution in [-0.2, 0) is 18.7 Å². The van der Waals surface area contributed by atoms with Crippen LogP contribution in [0.4, 0.5) is 0 Å². The van der Waals surface area contributed by atoms with Gasteiger partial charge in [0.25, 0.3) is 10.1 Å². The zero-order chi connectivity index (χ0) is 14.8. The van der Waals surface area contributed by atoms with Crippen molar-refractivity contribution in [2.45, 2.75) is 71.4 Å². The van der Waals surface area contributed by atoms with Crippen LogP contribution in [-0.4, -0.2) is 35.2 Å². The van der Waals surface area contributed by atoms with Crippen molar-refractivity contribution in [1.82, 2.24) is 0 Å². The van der Waals surface area contributed by atoms with E-state index >= 15 is 0 Å². The predicted molar refractivity (Wildman–Crippen MR) is 77.8 cm³/mol. The van der Waals surface area contributed by atoms with E-state index in [1.807, 2.05) is 6.92 Å². The topological polar surface area (TPSA) is 52.6 Å². The summed E-state index contributed by atoms with van der Waals surface area (Å²) in [5.74, 6) is 0. The van der Waals surface area contributed by atoms with Gasteiger partial charge in [-0.3, -0.25) is 4.18 Å². The van der Waals surface area contributed by atoms with Crippen molar-refractivity contribution < 1.29 is 17.0 Å². The highest BCUT2D eigenvalue weighted by atomic mass is 32.2. The van der Waals surface area contributed by atoms with E-state index in [2.05, 4.69) is 33.9 Å². The van der Waals surface area contributed by atoms with Crippen LogP contribution in [0.15, 0.2) is 0 Å². The van der Waals surface area contributed by atoms with Gasteiger partial charge in [0.05, 0.1) is 12.4 Å². The van der Waals surface area contributed by atoms with Gasteiger partial charge in [-0.05, 0) is 38.4 Å². The molecule has 0 spiro atoms. The van der Waals surface area contributed by atoms with Gasteiger partial charge in [0.1, 0.15) is 0 Å². The zero-order valence-corrected chi connectivity index (χ0v) is 14.7. The Bertz CT molecular complexity index is 357. The Balaban J connectivity index is 4.40. The zero-order valence-electron chi connectivity index (χ0n) is 12.9. The molecule has 2 atom stereocenters. The van der Waals surface area contributed by atoms with Crippen LogP contribution in [0.25, 0.3) is 0 Å². The lowest BCUT2D eigenvalue weighted by molar-refractivity contribution is 0.125. The summed E-state index contributed by atoms with van der Waals surface area (Å²) < 4.78 is 33.1. The molecule has 4 nitrogen and oxygen atoms in total. The molecule has 0 aromatic rings. The van der Waals surface area contributed by atoms with Gasteiger partial charge in [-0.25, -0.2) is 0 Å². The standard InChI is InChI=1S/C12H28O4SSi/c1-10(15-17(6,13)14)9-11(2)16-18(7,8)12(3,4)5/h10-11H,9H2,1-8H3/t10-,11+/m0/s1. The van der Waals surface area contributed by atoms with Gasteiger partial charge in [-0.15, -0.1) is 0 Å². The van der Waals surface area contributed by atoms with Crippen molar-refractivity contribution in [2.24, 2.45) is 0 Å². The summed E-state index contributed by atoms with van der Waals surface area (Å²) in [6, 6.07) is 0. The first kappa shape index (κ1) is 18.1. The lowest BCUT2D eigenvalue weighted by atomic mass is 10.2. The van der Waals surface area contributed by atoms with E-state index in [-0.39, 0.29) is 17.2 Å². The highest BCUT2D eigenvalue weighted by Gasteiger charge is 2.38. The fourth-order valence-corrected chi connectivity index (χ4v) is 3.66. The third kappa shape index (κ3) is 6.87. The Morgan fingerprint density at radius 1 is 1.11 bits per heavy atom. The first-order valence-corrected chi connectivity index (χ1v) is 11.0. The minimum absolute atomic E-state index is 0.00245.